The largest absolute Gasteiger partial charge is 0.467 e. The van der Waals surface area contributed by atoms with E-state index in [0.29, 0.717) is 11.3 Å². The second-order valence-corrected chi connectivity index (χ2v) is 8.30. The molecule has 1 aliphatic rings. The number of halogens is 1. The molecule has 4 nitrogen and oxygen atoms in total. The molecule has 0 amide bonds. The third-order valence-corrected chi connectivity index (χ3v) is 5.14. The van der Waals surface area contributed by atoms with Crippen LogP contribution in [-0.4, -0.2) is 54.5 Å². The number of aromatic nitrogens is 1. The highest BCUT2D eigenvalue weighted by Crippen LogP contribution is 2.21. The minimum absolute atomic E-state index is 0.0449. The van der Waals surface area contributed by atoms with Gasteiger partial charge in [0.2, 0.25) is 0 Å². The summed E-state index contributed by atoms with van der Waals surface area (Å²) >= 11 is 1.45. The molecule has 144 valence electrons. The highest BCUT2D eigenvalue weighted by Gasteiger charge is 2.18. The molecule has 1 atom stereocenters. The summed E-state index contributed by atoms with van der Waals surface area (Å²) in [5.41, 5.74) is -0.294. The number of hydrogen-bond donors (Lipinski definition) is 0. The zero-order valence-corrected chi connectivity index (χ0v) is 16.7. The zero-order chi connectivity index (χ0) is 18.1. The average molecular weight is 373 g/mol. The quantitative estimate of drug-likeness (QED) is 0.573. The molecule has 1 aliphatic heterocycles. The number of hydrogen-bond acceptors (Lipinski definition) is 5. The topological polar surface area (TPSA) is 34.6 Å². The molecule has 0 saturated carbocycles. The van der Waals surface area contributed by atoms with Crippen LogP contribution in [0.4, 0.5) is 4.39 Å². The van der Waals surface area contributed by atoms with Gasteiger partial charge in [0, 0.05) is 31.5 Å². The van der Waals surface area contributed by atoms with Gasteiger partial charge in [0.1, 0.15) is 12.3 Å². The lowest BCUT2D eigenvalue weighted by Gasteiger charge is -2.27. The Bertz CT molecular complexity index is 484. The number of alkyl halides is 1. The summed E-state index contributed by atoms with van der Waals surface area (Å²) in [6, 6.07) is 0. The Kier molecular flexibility index (Phi) is 8.59. The Morgan fingerprint density at radius 1 is 1.36 bits per heavy atom. The SMILES string of the molecule is CCCN(CCc1csc(OCC(C)(C)F)n1)CCC1CCCCO1. The van der Waals surface area contributed by atoms with Crippen molar-refractivity contribution in [3.8, 4) is 5.19 Å². The summed E-state index contributed by atoms with van der Waals surface area (Å²) in [7, 11) is 0. The van der Waals surface area contributed by atoms with Crippen molar-refractivity contribution < 1.29 is 13.9 Å². The van der Waals surface area contributed by atoms with Crippen LogP contribution in [0.2, 0.25) is 0 Å². The molecule has 2 rings (SSSR count). The van der Waals surface area contributed by atoms with E-state index in [1.165, 1.54) is 44.4 Å². The molecule has 25 heavy (non-hydrogen) atoms. The molecule has 0 spiro atoms. The number of thiazole rings is 1. The smallest absolute Gasteiger partial charge is 0.273 e. The standard InChI is InChI=1S/C19H33FN2O2S/c1-4-10-22(12-9-17-7-5-6-13-23-17)11-8-16-14-25-18(21-16)24-15-19(2,3)20/h14,17H,4-13,15H2,1-3H3. The first-order valence-corrected chi connectivity index (χ1v) is 10.4. The van der Waals surface area contributed by atoms with E-state index in [1.54, 1.807) is 0 Å². The Morgan fingerprint density at radius 3 is 2.88 bits per heavy atom. The van der Waals surface area contributed by atoms with Gasteiger partial charge < -0.3 is 14.4 Å². The van der Waals surface area contributed by atoms with E-state index in [4.69, 9.17) is 9.47 Å². The van der Waals surface area contributed by atoms with Crippen molar-refractivity contribution in [2.75, 3.05) is 32.8 Å². The predicted octanol–water partition coefficient (Wildman–Crippen LogP) is 4.48. The summed E-state index contributed by atoms with van der Waals surface area (Å²) in [5, 5.41) is 2.59. The van der Waals surface area contributed by atoms with E-state index < -0.39 is 5.67 Å². The fraction of sp³-hybridized carbons (Fsp3) is 0.842. The van der Waals surface area contributed by atoms with Gasteiger partial charge in [0.15, 0.2) is 0 Å². The monoisotopic (exact) mass is 372 g/mol. The van der Waals surface area contributed by atoms with Crippen molar-refractivity contribution in [2.45, 2.75) is 71.1 Å². The number of rotatable bonds is 11. The van der Waals surface area contributed by atoms with E-state index in [9.17, 15) is 4.39 Å². The van der Waals surface area contributed by atoms with Crippen molar-refractivity contribution in [3.05, 3.63) is 11.1 Å². The third kappa shape index (κ3) is 8.47. The maximum absolute atomic E-state index is 13.5. The first kappa shape index (κ1) is 20.6. The molecular formula is C19H33FN2O2S. The van der Waals surface area contributed by atoms with Crippen LogP contribution in [-0.2, 0) is 11.2 Å². The summed E-state index contributed by atoms with van der Waals surface area (Å²) in [6.45, 7) is 9.41. The molecule has 2 heterocycles. The Labute approximate surface area is 155 Å². The van der Waals surface area contributed by atoms with Crippen LogP contribution in [0.15, 0.2) is 5.38 Å². The summed E-state index contributed by atoms with van der Waals surface area (Å²) in [5.74, 6) is 0. The number of nitrogens with zero attached hydrogens (tertiary/aromatic N) is 2. The fourth-order valence-corrected chi connectivity index (χ4v) is 3.69. The van der Waals surface area contributed by atoms with Gasteiger partial charge in [-0.05, 0) is 52.5 Å². The van der Waals surface area contributed by atoms with Gasteiger partial charge in [-0.1, -0.05) is 18.3 Å². The van der Waals surface area contributed by atoms with Crippen molar-refractivity contribution in [2.24, 2.45) is 0 Å². The second kappa shape index (κ2) is 10.4. The molecule has 0 radical (unpaired) electrons. The molecule has 0 aromatic carbocycles. The Morgan fingerprint density at radius 2 is 2.20 bits per heavy atom. The molecule has 0 N–H and O–H groups in total. The Hall–Kier alpha value is -0.720. The molecule has 0 bridgehead atoms. The van der Waals surface area contributed by atoms with Gasteiger partial charge in [0.25, 0.3) is 5.19 Å². The van der Waals surface area contributed by atoms with Crippen molar-refractivity contribution in [1.82, 2.24) is 9.88 Å². The molecule has 1 unspecified atom stereocenters. The highest BCUT2D eigenvalue weighted by atomic mass is 32.1. The molecular weight excluding hydrogens is 339 g/mol. The predicted molar refractivity (Wildman–Crippen MR) is 101 cm³/mol. The van der Waals surface area contributed by atoms with Crippen molar-refractivity contribution in [3.63, 3.8) is 0 Å². The molecule has 6 heteroatoms. The van der Waals surface area contributed by atoms with Crippen LogP contribution in [0.5, 0.6) is 5.19 Å². The minimum atomic E-state index is -1.33. The van der Waals surface area contributed by atoms with E-state index in [0.717, 1.165) is 51.2 Å². The van der Waals surface area contributed by atoms with E-state index >= 15 is 0 Å². The molecule has 1 aromatic rings. The zero-order valence-electron chi connectivity index (χ0n) is 15.9. The first-order valence-electron chi connectivity index (χ1n) is 9.56. The minimum Gasteiger partial charge on any atom is -0.467 e. The van der Waals surface area contributed by atoms with Crippen LogP contribution in [0.25, 0.3) is 0 Å². The lowest BCUT2D eigenvalue weighted by Crippen LogP contribution is -2.32. The van der Waals surface area contributed by atoms with Gasteiger partial charge in [-0.15, -0.1) is 0 Å². The molecule has 1 fully saturated rings. The number of ether oxygens (including phenoxy) is 2. The van der Waals surface area contributed by atoms with Crippen LogP contribution < -0.4 is 4.74 Å². The summed E-state index contributed by atoms with van der Waals surface area (Å²) in [6.07, 6.45) is 7.34. The maximum atomic E-state index is 13.5. The van der Waals surface area contributed by atoms with Gasteiger partial charge in [0.05, 0.1) is 11.8 Å². The van der Waals surface area contributed by atoms with E-state index in [-0.39, 0.29) is 6.61 Å². The van der Waals surface area contributed by atoms with E-state index in [2.05, 4.69) is 16.8 Å². The third-order valence-electron chi connectivity index (χ3n) is 4.33. The van der Waals surface area contributed by atoms with Gasteiger partial charge in [-0.25, -0.2) is 9.37 Å². The van der Waals surface area contributed by atoms with Crippen molar-refractivity contribution in [1.29, 1.82) is 0 Å². The molecule has 1 aromatic heterocycles. The van der Waals surface area contributed by atoms with Gasteiger partial charge in [-0.2, -0.15) is 0 Å². The Balaban J connectivity index is 1.73. The van der Waals surface area contributed by atoms with Crippen LogP contribution >= 0.6 is 11.3 Å². The fourth-order valence-electron chi connectivity index (χ4n) is 2.99. The first-order chi connectivity index (χ1) is 12.0. The van der Waals surface area contributed by atoms with Gasteiger partial charge in [-0.3, -0.25) is 0 Å². The maximum Gasteiger partial charge on any atom is 0.273 e. The average Bonchev–Trinajstić information content (AvgIpc) is 3.04. The lowest BCUT2D eigenvalue weighted by molar-refractivity contribution is 0.00554. The van der Waals surface area contributed by atoms with Crippen LogP contribution in [0.1, 0.15) is 58.6 Å². The van der Waals surface area contributed by atoms with Crippen LogP contribution in [0.3, 0.4) is 0 Å². The molecule has 0 aliphatic carbocycles. The molecule has 1 saturated heterocycles. The van der Waals surface area contributed by atoms with Crippen molar-refractivity contribution >= 4 is 11.3 Å². The highest BCUT2D eigenvalue weighted by molar-refractivity contribution is 7.11. The normalized spacial score (nSPS) is 18.7. The summed E-state index contributed by atoms with van der Waals surface area (Å²) < 4.78 is 24.8. The van der Waals surface area contributed by atoms with Crippen LogP contribution in [0, 0.1) is 0 Å². The lowest BCUT2D eigenvalue weighted by atomic mass is 10.1. The summed E-state index contributed by atoms with van der Waals surface area (Å²) in [4.78, 5) is 6.98. The van der Waals surface area contributed by atoms with Gasteiger partial charge >= 0.3 is 0 Å². The second-order valence-electron chi connectivity index (χ2n) is 7.48. The van der Waals surface area contributed by atoms with E-state index in [1.807, 2.05) is 5.38 Å².